The number of hydrogen-bond donors (Lipinski definition) is 2. The highest BCUT2D eigenvalue weighted by molar-refractivity contribution is 6.05. The van der Waals surface area contributed by atoms with Gasteiger partial charge in [0.05, 0.1) is 17.7 Å². The summed E-state index contributed by atoms with van der Waals surface area (Å²) in [6.07, 6.45) is 1.73. The molecule has 0 aliphatic heterocycles. The van der Waals surface area contributed by atoms with Crippen LogP contribution in [0.2, 0.25) is 0 Å². The molecule has 0 fully saturated rings. The van der Waals surface area contributed by atoms with E-state index in [0.717, 1.165) is 0 Å². The van der Waals surface area contributed by atoms with Gasteiger partial charge >= 0.3 is 0 Å². The van der Waals surface area contributed by atoms with Gasteiger partial charge in [-0.05, 0) is 26.0 Å². The molecular weight excluding hydrogens is 244 g/mol. The molecule has 0 bridgehead atoms. The molecule has 0 aliphatic rings. The highest BCUT2D eigenvalue weighted by atomic mass is 16.3. The zero-order valence-corrected chi connectivity index (χ0v) is 11.3. The predicted octanol–water partition coefficient (Wildman–Crippen LogP) is 1.37. The molecule has 0 radical (unpaired) electrons. The summed E-state index contributed by atoms with van der Waals surface area (Å²) >= 11 is 0. The van der Waals surface area contributed by atoms with Crippen molar-refractivity contribution in [1.29, 1.82) is 0 Å². The number of Topliss-reactive ketones (excluding diaryl/α,β-unsaturated/α-hetero) is 1. The Balaban J connectivity index is 2.71. The van der Waals surface area contributed by atoms with Gasteiger partial charge in [0.1, 0.15) is 11.3 Å². The SMILES string of the molecule is CC(CO)C(=O)c1c(C(C)(C)O)nn2ccccc12. The van der Waals surface area contributed by atoms with Gasteiger partial charge in [-0.1, -0.05) is 13.0 Å². The van der Waals surface area contributed by atoms with Gasteiger partial charge in [0, 0.05) is 12.1 Å². The van der Waals surface area contributed by atoms with Crippen molar-refractivity contribution in [2.45, 2.75) is 26.4 Å². The fourth-order valence-electron chi connectivity index (χ4n) is 2.00. The molecule has 0 aromatic carbocycles. The first-order valence-electron chi connectivity index (χ1n) is 6.21. The minimum atomic E-state index is -1.22. The summed E-state index contributed by atoms with van der Waals surface area (Å²) in [7, 11) is 0. The molecule has 5 nitrogen and oxygen atoms in total. The monoisotopic (exact) mass is 262 g/mol. The van der Waals surface area contributed by atoms with Crippen molar-refractivity contribution in [2.75, 3.05) is 6.61 Å². The number of aromatic nitrogens is 2. The maximum Gasteiger partial charge on any atom is 0.172 e. The van der Waals surface area contributed by atoms with Crippen LogP contribution >= 0.6 is 0 Å². The number of pyridine rings is 1. The van der Waals surface area contributed by atoms with E-state index in [1.165, 1.54) is 0 Å². The summed E-state index contributed by atoms with van der Waals surface area (Å²) < 4.78 is 1.57. The van der Waals surface area contributed by atoms with E-state index in [4.69, 9.17) is 5.11 Å². The molecule has 2 heterocycles. The maximum absolute atomic E-state index is 12.4. The Kier molecular flexibility index (Phi) is 3.43. The van der Waals surface area contributed by atoms with E-state index in [1.807, 2.05) is 6.07 Å². The lowest BCUT2D eigenvalue weighted by atomic mass is 9.93. The quantitative estimate of drug-likeness (QED) is 0.816. The molecule has 2 aromatic rings. The third-order valence-corrected chi connectivity index (χ3v) is 3.09. The highest BCUT2D eigenvalue weighted by Gasteiger charge is 2.31. The maximum atomic E-state index is 12.4. The number of carbonyl (C=O) groups excluding carboxylic acids is 1. The van der Waals surface area contributed by atoms with Crippen molar-refractivity contribution >= 4 is 11.3 Å². The average molecular weight is 262 g/mol. The van der Waals surface area contributed by atoms with E-state index < -0.39 is 11.5 Å². The predicted molar refractivity (Wildman–Crippen MR) is 71.0 cm³/mol. The first-order valence-corrected chi connectivity index (χ1v) is 6.21. The van der Waals surface area contributed by atoms with E-state index >= 15 is 0 Å². The minimum absolute atomic E-state index is 0.208. The summed E-state index contributed by atoms with van der Waals surface area (Å²) in [4.78, 5) is 12.4. The number of ketones is 1. The van der Waals surface area contributed by atoms with Crippen molar-refractivity contribution in [3.8, 4) is 0 Å². The molecule has 102 valence electrons. The third-order valence-electron chi connectivity index (χ3n) is 3.09. The third kappa shape index (κ3) is 2.39. The Bertz CT molecular complexity index is 611. The number of fused-ring (bicyclic) bond motifs is 1. The Morgan fingerprint density at radius 1 is 1.47 bits per heavy atom. The van der Waals surface area contributed by atoms with Gasteiger partial charge in [0.2, 0.25) is 0 Å². The van der Waals surface area contributed by atoms with Gasteiger partial charge in [-0.2, -0.15) is 5.10 Å². The normalized spacial score (nSPS) is 13.7. The van der Waals surface area contributed by atoms with Crippen molar-refractivity contribution < 1.29 is 15.0 Å². The second-order valence-electron chi connectivity index (χ2n) is 5.26. The molecule has 2 N–H and O–H groups in total. The molecule has 0 saturated carbocycles. The number of carbonyl (C=O) groups is 1. The molecule has 5 heteroatoms. The number of nitrogens with zero attached hydrogens (tertiary/aromatic N) is 2. The highest BCUT2D eigenvalue weighted by Crippen LogP contribution is 2.28. The topological polar surface area (TPSA) is 74.8 Å². The van der Waals surface area contributed by atoms with Gasteiger partial charge in [0.15, 0.2) is 5.78 Å². The zero-order valence-electron chi connectivity index (χ0n) is 11.3. The van der Waals surface area contributed by atoms with Crippen molar-refractivity contribution in [3.63, 3.8) is 0 Å². The van der Waals surface area contributed by atoms with E-state index in [2.05, 4.69) is 5.10 Å². The number of aliphatic hydroxyl groups excluding tert-OH is 1. The van der Waals surface area contributed by atoms with Crippen LogP contribution in [0.3, 0.4) is 0 Å². The van der Waals surface area contributed by atoms with Crippen molar-refractivity contribution in [2.24, 2.45) is 5.92 Å². The van der Waals surface area contributed by atoms with Crippen LogP contribution in [0.1, 0.15) is 36.8 Å². The first-order chi connectivity index (χ1) is 8.86. The van der Waals surface area contributed by atoms with Crippen LogP contribution in [0, 0.1) is 5.92 Å². The van der Waals surface area contributed by atoms with E-state index in [0.29, 0.717) is 16.8 Å². The van der Waals surface area contributed by atoms with E-state index in [-0.39, 0.29) is 12.4 Å². The largest absolute Gasteiger partial charge is 0.396 e. The summed E-state index contributed by atoms with van der Waals surface area (Å²) in [5.41, 5.74) is 0.148. The molecule has 19 heavy (non-hydrogen) atoms. The molecule has 1 atom stereocenters. The average Bonchev–Trinajstić information content (AvgIpc) is 2.76. The second-order valence-corrected chi connectivity index (χ2v) is 5.26. The molecular formula is C14H18N2O3. The lowest BCUT2D eigenvalue weighted by molar-refractivity contribution is 0.0692. The van der Waals surface area contributed by atoms with Crippen LogP contribution in [-0.2, 0) is 5.60 Å². The molecule has 1 unspecified atom stereocenters. The summed E-state index contributed by atoms with van der Waals surface area (Å²) in [6, 6.07) is 5.39. The molecule has 0 aliphatic carbocycles. The van der Waals surface area contributed by atoms with E-state index in [9.17, 15) is 9.90 Å². The van der Waals surface area contributed by atoms with Gasteiger partial charge in [0.25, 0.3) is 0 Å². The smallest absolute Gasteiger partial charge is 0.172 e. The summed E-state index contributed by atoms with van der Waals surface area (Å²) in [6.45, 7) is 4.61. The van der Waals surface area contributed by atoms with E-state index in [1.54, 1.807) is 43.6 Å². The van der Waals surface area contributed by atoms with Crippen LogP contribution in [0.25, 0.3) is 5.52 Å². The Hall–Kier alpha value is -1.72. The number of aliphatic hydroxyl groups is 2. The van der Waals surface area contributed by atoms with Crippen LogP contribution in [0.5, 0.6) is 0 Å². The summed E-state index contributed by atoms with van der Waals surface area (Å²) in [5, 5.41) is 23.6. The van der Waals surface area contributed by atoms with Gasteiger partial charge < -0.3 is 10.2 Å². The summed E-state index contributed by atoms with van der Waals surface area (Å²) in [5.74, 6) is -0.727. The Morgan fingerprint density at radius 3 is 2.74 bits per heavy atom. The van der Waals surface area contributed by atoms with Gasteiger partial charge in [-0.3, -0.25) is 4.79 Å². The second kappa shape index (κ2) is 4.75. The molecule has 2 rings (SSSR count). The van der Waals surface area contributed by atoms with Crippen molar-refractivity contribution in [1.82, 2.24) is 9.61 Å². The standard InChI is InChI=1S/C14H18N2O3/c1-9(8-17)12(18)11-10-6-4-5-7-16(10)15-13(11)14(2,3)19/h4-7,9,17,19H,8H2,1-3H3. The van der Waals surface area contributed by atoms with Gasteiger partial charge in [-0.25, -0.2) is 4.52 Å². The molecule has 0 saturated heterocycles. The fourth-order valence-corrected chi connectivity index (χ4v) is 2.00. The first kappa shape index (κ1) is 13.7. The lowest BCUT2D eigenvalue weighted by Gasteiger charge is -2.17. The van der Waals surface area contributed by atoms with Crippen molar-refractivity contribution in [3.05, 3.63) is 35.7 Å². The van der Waals surface area contributed by atoms with Crippen LogP contribution in [0.15, 0.2) is 24.4 Å². The Morgan fingerprint density at radius 2 is 2.16 bits per heavy atom. The zero-order chi connectivity index (χ0) is 14.2. The Labute approximate surface area is 111 Å². The number of hydrogen-bond acceptors (Lipinski definition) is 4. The molecule has 2 aromatic heterocycles. The van der Waals surface area contributed by atoms with Gasteiger partial charge in [-0.15, -0.1) is 0 Å². The number of rotatable bonds is 4. The van der Waals surface area contributed by atoms with Crippen LogP contribution < -0.4 is 0 Å². The molecule has 0 amide bonds. The lowest BCUT2D eigenvalue weighted by Crippen LogP contribution is -2.23. The fraction of sp³-hybridized carbons (Fsp3) is 0.429. The van der Waals surface area contributed by atoms with Crippen LogP contribution in [-0.4, -0.2) is 32.2 Å². The minimum Gasteiger partial charge on any atom is -0.396 e. The van der Waals surface area contributed by atoms with Crippen LogP contribution in [0.4, 0.5) is 0 Å². The molecule has 0 spiro atoms.